The maximum Gasteiger partial charge on any atom is 0.244 e. The number of carbonyl (C=O) groups excluding carboxylic acids is 2. The van der Waals surface area contributed by atoms with E-state index in [1.54, 1.807) is 30.3 Å². The molecule has 1 atom stereocenters. The molecule has 1 unspecified atom stereocenters. The van der Waals surface area contributed by atoms with Crippen molar-refractivity contribution < 1.29 is 22.4 Å². The second-order valence-corrected chi connectivity index (χ2v) is 10.6. The molecule has 7 nitrogen and oxygen atoms in total. The van der Waals surface area contributed by atoms with Gasteiger partial charge in [-0.3, -0.25) is 13.9 Å². The van der Waals surface area contributed by atoms with Gasteiger partial charge in [-0.05, 0) is 35.7 Å². The summed E-state index contributed by atoms with van der Waals surface area (Å²) in [4.78, 5) is 28.1. The average Bonchev–Trinajstić information content (AvgIpc) is 2.89. The van der Waals surface area contributed by atoms with Crippen LogP contribution in [0.4, 0.5) is 10.1 Å². The Balaban J connectivity index is 2.02. The van der Waals surface area contributed by atoms with Gasteiger partial charge in [-0.15, -0.1) is 0 Å². The molecule has 196 valence electrons. The van der Waals surface area contributed by atoms with Crippen molar-refractivity contribution in [3.05, 3.63) is 101 Å². The second kappa shape index (κ2) is 12.5. The SMILES string of the molecule is CCc1ccc(N(CC(=O)N(Cc2ccccc2F)C(Cc2ccccc2)C(=O)NC)S(C)(=O)=O)cc1. The molecular weight excluding hydrogens is 493 g/mol. The fourth-order valence-electron chi connectivity index (χ4n) is 4.04. The molecule has 1 N–H and O–H groups in total. The highest BCUT2D eigenvalue weighted by Crippen LogP contribution is 2.21. The van der Waals surface area contributed by atoms with E-state index in [0.29, 0.717) is 5.69 Å². The number of amides is 2. The summed E-state index contributed by atoms with van der Waals surface area (Å²) in [6, 6.07) is 21.1. The fourth-order valence-corrected chi connectivity index (χ4v) is 4.89. The van der Waals surface area contributed by atoms with Crippen LogP contribution < -0.4 is 9.62 Å². The summed E-state index contributed by atoms with van der Waals surface area (Å²) >= 11 is 0. The van der Waals surface area contributed by atoms with Crippen LogP contribution in [0.2, 0.25) is 0 Å². The van der Waals surface area contributed by atoms with Crippen molar-refractivity contribution in [1.82, 2.24) is 10.2 Å². The largest absolute Gasteiger partial charge is 0.357 e. The Hall–Kier alpha value is -3.72. The molecule has 0 fully saturated rings. The van der Waals surface area contributed by atoms with Gasteiger partial charge in [0.2, 0.25) is 21.8 Å². The molecule has 0 bridgehead atoms. The van der Waals surface area contributed by atoms with E-state index in [1.165, 1.54) is 30.1 Å². The number of nitrogens with one attached hydrogen (secondary N) is 1. The lowest BCUT2D eigenvalue weighted by molar-refractivity contribution is -0.139. The predicted octanol–water partition coefficient (Wildman–Crippen LogP) is 3.54. The number of hydrogen-bond acceptors (Lipinski definition) is 4. The lowest BCUT2D eigenvalue weighted by Gasteiger charge is -2.33. The van der Waals surface area contributed by atoms with Gasteiger partial charge in [0.15, 0.2) is 0 Å². The van der Waals surface area contributed by atoms with Gasteiger partial charge >= 0.3 is 0 Å². The van der Waals surface area contributed by atoms with Crippen LogP contribution in [0.3, 0.4) is 0 Å². The molecule has 3 aromatic carbocycles. The van der Waals surface area contributed by atoms with E-state index in [4.69, 9.17) is 0 Å². The van der Waals surface area contributed by atoms with Crippen molar-refractivity contribution in [2.45, 2.75) is 32.4 Å². The van der Waals surface area contributed by atoms with Crippen LogP contribution >= 0.6 is 0 Å². The number of benzene rings is 3. The molecule has 0 heterocycles. The summed E-state index contributed by atoms with van der Waals surface area (Å²) in [7, 11) is -2.38. The summed E-state index contributed by atoms with van der Waals surface area (Å²) < 4.78 is 41.1. The summed E-state index contributed by atoms with van der Waals surface area (Å²) in [5.74, 6) is -1.59. The highest BCUT2D eigenvalue weighted by atomic mass is 32.2. The Morgan fingerprint density at radius 3 is 2.11 bits per heavy atom. The molecule has 0 saturated heterocycles. The quantitative estimate of drug-likeness (QED) is 0.415. The third-order valence-electron chi connectivity index (χ3n) is 6.13. The first kappa shape index (κ1) is 27.9. The normalized spacial score (nSPS) is 12.0. The van der Waals surface area contributed by atoms with Gasteiger partial charge < -0.3 is 10.2 Å². The number of likely N-dealkylation sites (N-methyl/N-ethyl adjacent to an activating group) is 1. The summed E-state index contributed by atoms with van der Waals surface area (Å²) in [5, 5.41) is 2.59. The molecule has 0 aliphatic rings. The second-order valence-electron chi connectivity index (χ2n) is 8.72. The molecule has 37 heavy (non-hydrogen) atoms. The number of sulfonamides is 1. The molecule has 0 aliphatic carbocycles. The predicted molar refractivity (Wildman–Crippen MR) is 143 cm³/mol. The Kier molecular flexibility index (Phi) is 9.41. The van der Waals surface area contributed by atoms with Crippen LogP contribution in [0.15, 0.2) is 78.9 Å². The van der Waals surface area contributed by atoms with Crippen molar-refractivity contribution in [2.75, 3.05) is 24.2 Å². The monoisotopic (exact) mass is 525 g/mol. The van der Waals surface area contributed by atoms with Gasteiger partial charge in [0.1, 0.15) is 18.4 Å². The van der Waals surface area contributed by atoms with Crippen molar-refractivity contribution in [3.63, 3.8) is 0 Å². The number of anilines is 1. The van der Waals surface area contributed by atoms with Crippen LogP contribution in [0, 0.1) is 5.82 Å². The first-order valence-electron chi connectivity index (χ1n) is 12.0. The van der Waals surface area contributed by atoms with Gasteiger partial charge in [0.05, 0.1) is 11.9 Å². The van der Waals surface area contributed by atoms with E-state index >= 15 is 0 Å². The zero-order chi connectivity index (χ0) is 27.0. The highest BCUT2D eigenvalue weighted by molar-refractivity contribution is 7.92. The van der Waals surface area contributed by atoms with Crippen molar-refractivity contribution in [1.29, 1.82) is 0 Å². The molecule has 3 rings (SSSR count). The van der Waals surface area contributed by atoms with Crippen LogP contribution in [0.25, 0.3) is 0 Å². The Labute approximate surface area is 218 Å². The van der Waals surface area contributed by atoms with E-state index in [2.05, 4.69) is 5.32 Å². The maximum atomic E-state index is 14.6. The summed E-state index contributed by atoms with van der Waals surface area (Å²) in [6.45, 7) is 1.24. The molecule has 0 aliphatic heterocycles. The minimum Gasteiger partial charge on any atom is -0.357 e. The minimum atomic E-state index is -3.85. The van der Waals surface area contributed by atoms with Gasteiger partial charge in [0.25, 0.3) is 0 Å². The molecule has 0 radical (unpaired) electrons. The van der Waals surface area contributed by atoms with Crippen LogP contribution in [0.1, 0.15) is 23.6 Å². The number of hydrogen-bond donors (Lipinski definition) is 1. The number of carbonyl (C=O) groups is 2. The molecule has 0 spiro atoms. The number of halogens is 1. The smallest absolute Gasteiger partial charge is 0.244 e. The molecular formula is C28H32FN3O4S. The summed E-state index contributed by atoms with van der Waals surface area (Å²) in [6.07, 6.45) is 1.97. The first-order chi connectivity index (χ1) is 17.6. The van der Waals surface area contributed by atoms with E-state index in [-0.39, 0.29) is 18.5 Å². The fraction of sp³-hybridized carbons (Fsp3) is 0.286. The van der Waals surface area contributed by atoms with Crippen molar-refractivity contribution >= 4 is 27.5 Å². The lowest BCUT2D eigenvalue weighted by atomic mass is 10.0. The van der Waals surface area contributed by atoms with Gasteiger partial charge in [-0.25, -0.2) is 12.8 Å². The molecule has 2 amide bonds. The van der Waals surface area contributed by atoms with Crippen LogP contribution in [-0.4, -0.2) is 51.0 Å². The first-order valence-corrected chi connectivity index (χ1v) is 13.8. The molecule has 9 heteroatoms. The zero-order valence-corrected chi connectivity index (χ0v) is 22.0. The van der Waals surface area contributed by atoms with E-state index in [0.717, 1.165) is 28.1 Å². The molecule has 0 aromatic heterocycles. The van der Waals surface area contributed by atoms with E-state index in [1.807, 2.05) is 37.3 Å². The number of rotatable bonds is 11. The number of aryl methyl sites for hydroxylation is 1. The summed E-state index contributed by atoms with van der Waals surface area (Å²) in [5.41, 5.74) is 2.37. The van der Waals surface area contributed by atoms with Crippen LogP contribution in [0.5, 0.6) is 0 Å². The topological polar surface area (TPSA) is 86.8 Å². The maximum absolute atomic E-state index is 14.6. The Morgan fingerprint density at radius 2 is 1.54 bits per heavy atom. The molecule has 0 saturated carbocycles. The zero-order valence-electron chi connectivity index (χ0n) is 21.2. The standard InChI is InChI=1S/C28H32FN3O4S/c1-4-21-14-16-24(17-15-21)32(37(3,35)36)20-27(33)31(19-23-12-8-9-13-25(23)29)26(28(34)30-2)18-22-10-6-5-7-11-22/h5-17,26H,4,18-20H2,1-3H3,(H,30,34). The van der Waals surface area contributed by atoms with Crippen molar-refractivity contribution in [2.24, 2.45) is 0 Å². The van der Waals surface area contributed by atoms with Gasteiger partial charge in [0, 0.05) is 25.6 Å². The van der Waals surface area contributed by atoms with Crippen LogP contribution in [-0.2, 0) is 39.0 Å². The third-order valence-corrected chi connectivity index (χ3v) is 7.27. The number of nitrogens with zero attached hydrogens (tertiary/aromatic N) is 2. The van der Waals surface area contributed by atoms with E-state index in [9.17, 15) is 22.4 Å². The highest BCUT2D eigenvalue weighted by Gasteiger charge is 2.33. The Morgan fingerprint density at radius 1 is 0.919 bits per heavy atom. The average molecular weight is 526 g/mol. The van der Waals surface area contributed by atoms with Crippen molar-refractivity contribution in [3.8, 4) is 0 Å². The van der Waals surface area contributed by atoms with Gasteiger partial charge in [-0.1, -0.05) is 67.6 Å². The minimum absolute atomic E-state index is 0.171. The molecule has 3 aromatic rings. The van der Waals surface area contributed by atoms with E-state index < -0.39 is 40.2 Å². The van der Waals surface area contributed by atoms with Gasteiger partial charge in [-0.2, -0.15) is 0 Å². The third kappa shape index (κ3) is 7.39. The Bertz CT molecular complexity index is 1310. The lowest BCUT2D eigenvalue weighted by Crippen LogP contribution is -2.53.